The summed E-state index contributed by atoms with van der Waals surface area (Å²) >= 11 is 0. The van der Waals surface area contributed by atoms with E-state index in [0.29, 0.717) is 5.92 Å². The van der Waals surface area contributed by atoms with E-state index in [4.69, 9.17) is 4.74 Å². The fourth-order valence-electron chi connectivity index (χ4n) is 6.52. The van der Waals surface area contributed by atoms with Crippen LogP contribution in [0.1, 0.15) is 108 Å². The lowest BCUT2D eigenvalue weighted by atomic mass is 9.73. The van der Waals surface area contributed by atoms with E-state index in [9.17, 15) is 13.2 Å². The average Bonchev–Trinajstić information content (AvgIpc) is 2.91. The standard InChI is InChI=1S/C32H42F4O2/c1-2-3-4-5-22-6-8-23(9-7-22)10-11-24-12-14-25(15-13-24)30-28(33)20-21-29(31(30)34)37-26-16-18-27(19-17-26)38-32(35)36/h16-25,32H,2-15H2,1H3. The minimum Gasteiger partial charge on any atom is -0.454 e. The Bertz CT molecular complexity index is 978. The summed E-state index contributed by atoms with van der Waals surface area (Å²) < 4.78 is 64.8. The zero-order valence-electron chi connectivity index (χ0n) is 22.6. The third-order valence-electron chi connectivity index (χ3n) is 8.79. The van der Waals surface area contributed by atoms with Gasteiger partial charge in [0.05, 0.1) is 0 Å². The molecule has 2 nitrogen and oxygen atoms in total. The lowest BCUT2D eigenvalue weighted by Crippen LogP contribution is -2.18. The molecular weight excluding hydrogens is 492 g/mol. The van der Waals surface area contributed by atoms with Crippen molar-refractivity contribution in [3.63, 3.8) is 0 Å². The molecule has 2 aliphatic rings. The van der Waals surface area contributed by atoms with E-state index in [0.717, 1.165) is 37.5 Å². The fourth-order valence-corrected chi connectivity index (χ4v) is 6.52. The van der Waals surface area contributed by atoms with Crippen LogP contribution in [0.3, 0.4) is 0 Å². The molecule has 0 amide bonds. The number of ether oxygens (including phenoxy) is 2. The van der Waals surface area contributed by atoms with Gasteiger partial charge in [-0.2, -0.15) is 8.78 Å². The molecule has 0 N–H and O–H groups in total. The molecule has 0 bridgehead atoms. The van der Waals surface area contributed by atoms with Gasteiger partial charge in [0, 0.05) is 5.56 Å². The molecule has 210 valence electrons. The van der Waals surface area contributed by atoms with Crippen molar-refractivity contribution in [2.75, 3.05) is 0 Å². The molecule has 0 heterocycles. The molecular formula is C32H42F4O2. The molecule has 38 heavy (non-hydrogen) atoms. The smallest absolute Gasteiger partial charge is 0.387 e. The van der Waals surface area contributed by atoms with Gasteiger partial charge in [-0.3, -0.25) is 0 Å². The summed E-state index contributed by atoms with van der Waals surface area (Å²) in [6.45, 7) is -0.654. The number of hydrogen-bond acceptors (Lipinski definition) is 2. The Hall–Kier alpha value is -2.24. The largest absolute Gasteiger partial charge is 0.454 e. The van der Waals surface area contributed by atoms with Crippen LogP contribution in [0.5, 0.6) is 17.2 Å². The van der Waals surface area contributed by atoms with Gasteiger partial charge >= 0.3 is 6.61 Å². The highest BCUT2D eigenvalue weighted by Crippen LogP contribution is 2.43. The minimum absolute atomic E-state index is 0.0144. The van der Waals surface area contributed by atoms with Crippen molar-refractivity contribution >= 4 is 0 Å². The van der Waals surface area contributed by atoms with Gasteiger partial charge in [0.2, 0.25) is 0 Å². The second-order valence-electron chi connectivity index (χ2n) is 11.4. The number of rotatable bonds is 12. The molecule has 0 aliphatic heterocycles. The first kappa shape index (κ1) is 28.8. The Morgan fingerprint density at radius 1 is 0.711 bits per heavy atom. The normalized spacial score (nSPS) is 23.9. The molecule has 2 aliphatic carbocycles. The van der Waals surface area contributed by atoms with Crippen molar-refractivity contribution in [2.45, 2.75) is 109 Å². The van der Waals surface area contributed by atoms with Crippen molar-refractivity contribution in [3.8, 4) is 17.2 Å². The van der Waals surface area contributed by atoms with Crippen molar-refractivity contribution in [1.82, 2.24) is 0 Å². The number of hydrogen-bond donors (Lipinski definition) is 0. The summed E-state index contributed by atoms with van der Waals surface area (Å²) in [5.41, 5.74) is 0.111. The van der Waals surface area contributed by atoms with Crippen LogP contribution in [0.2, 0.25) is 0 Å². The lowest BCUT2D eigenvalue weighted by molar-refractivity contribution is -0.0498. The van der Waals surface area contributed by atoms with Crippen LogP contribution in [-0.2, 0) is 0 Å². The molecule has 2 saturated carbocycles. The van der Waals surface area contributed by atoms with Crippen LogP contribution in [0.15, 0.2) is 36.4 Å². The first-order chi connectivity index (χ1) is 18.4. The molecule has 6 heteroatoms. The summed E-state index contributed by atoms with van der Waals surface area (Å²) in [5.74, 6) is 1.28. The second kappa shape index (κ2) is 14.2. The van der Waals surface area contributed by atoms with Crippen molar-refractivity contribution in [3.05, 3.63) is 53.6 Å². The first-order valence-corrected chi connectivity index (χ1v) is 14.6. The molecule has 2 aromatic rings. The Labute approximate surface area is 225 Å². The van der Waals surface area contributed by atoms with Gasteiger partial charge in [-0.15, -0.1) is 0 Å². The van der Waals surface area contributed by atoms with Crippen LogP contribution < -0.4 is 9.47 Å². The Morgan fingerprint density at radius 3 is 1.84 bits per heavy atom. The van der Waals surface area contributed by atoms with E-state index < -0.39 is 18.2 Å². The Kier molecular flexibility index (Phi) is 10.8. The van der Waals surface area contributed by atoms with Crippen molar-refractivity contribution in [2.24, 2.45) is 17.8 Å². The molecule has 2 aromatic carbocycles. The highest BCUT2D eigenvalue weighted by Gasteiger charge is 2.29. The molecule has 0 atom stereocenters. The molecule has 2 fully saturated rings. The first-order valence-electron chi connectivity index (χ1n) is 14.6. The third kappa shape index (κ3) is 8.13. The third-order valence-corrected chi connectivity index (χ3v) is 8.79. The summed E-state index contributed by atoms with van der Waals surface area (Å²) in [7, 11) is 0. The molecule has 0 radical (unpaired) electrons. The lowest BCUT2D eigenvalue weighted by Gasteiger charge is -2.32. The van der Waals surface area contributed by atoms with E-state index in [2.05, 4.69) is 11.7 Å². The number of benzene rings is 2. The maximum atomic E-state index is 15.4. The maximum Gasteiger partial charge on any atom is 0.387 e. The van der Waals surface area contributed by atoms with Crippen LogP contribution in [-0.4, -0.2) is 6.61 Å². The molecule has 0 spiro atoms. The Morgan fingerprint density at radius 2 is 1.26 bits per heavy atom. The quantitative estimate of drug-likeness (QED) is 0.199. The van der Waals surface area contributed by atoms with Gasteiger partial charge in [-0.05, 0) is 85.8 Å². The van der Waals surface area contributed by atoms with Gasteiger partial charge < -0.3 is 9.47 Å². The maximum absolute atomic E-state index is 15.4. The zero-order chi connectivity index (χ0) is 26.9. The summed E-state index contributed by atoms with van der Waals surface area (Å²) in [6.07, 6.45) is 17.1. The minimum atomic E-state index is -2.92. The van der Waals surface area contributed by atoms with E-state index in [1.54, 1.807) is 0 Å². The Balaban J connectivity index is 1.25. The van der Waals surface area contributed by atoms with Crippen molar-refractivity contribution < 1.29 is 27.0 Å². The molecule has 0 saturated heterocycles. The van der Waals surface area contributed by atoms with Gasteiger partial charge in [-0.25, -0.2) is 8.78 Å². The predicted octanol–water partition coefficient (Wildman–Crippen LogP) is 10.8. The van der Waals surface area contributed by atoms with Gasteiger partial charge in [0.15, 0.2) is 11.6 Å². The zero-order valence-corrected chi connectivity index (χ0v) is 22.6. The topological polar surface area (TPSA) is 18.5 Å². The van der Waals surface area contributed by atoms with Crippen LogP contribution >= 0.6 is 0 Å². The number of halogens is 4. The van der Waals surface area contributed by atoms with E-state index in [-0.39, 0.29) is 28.7 Å². The van der Waals surface area contributed by atoms with E-state index in [1.165, 1.54) is 101 Å². The van der Waals surface area contributed by atoms with E-state index >= 15 is 4.39 Å². The summed E-state index contributed by atoms with van der Waals surface area (Å²) in [5, 5.41) is 0. The fraction of sp³-hybridized carbons (Fsp3) is 0.625. The predicted molar refractivity (Wildman–Crippen MR) is 143 cm³/mol. The number of alkyl halides is 2. The van der Waals surface area contributed by atoms with Crippen molar-refractivity contribution in [1.29, 1.82) is 0 Å². The second-order valence-corrected chi connectivity index (χ2v) is 11.4. The van der Waals surface area contributed by atoms with Gasteiger partial charge in [0.1, 0.15) is 17.3 Å². The monoisotopic (exact) mass is 534 g/mol. The molecule has 4 rings (SSSR count). The van der Waals surface area contributed by atoms with Gasteiger partial charge in [0.25, 0.3) is 0 Å². The van der Waals surface area contributed by atoms with Crippen LogP contribution in [0.4, 0.5) is 17.6 Å². The number of unbranched alkanes of at least 4 members (excludes halogenated alkanes) is 2. The highest BCUT2D eigenvalue weighted by atomic mass is 19.3. The van der Waals surface area contributed by atoms with E-state index in [1.807, 2.05) is 0 Å². The summed E-state index contributed by atoms with van der Waals surface area (Å²) in [4.78, 5) is 0. The summed E-state index contributed by atoms with van der Waals surface area (Å²) in [6, 6.07) is 8.03. The average molecular weight is 535 g/mol. The molecule has 0 unspecified atom stereocenters. The van der Waals surface area contributed by atoms with Crippen LogP contribution in [0, 0.1) is 29.4 Å². The SMILES string of the molecule is CCCCCC1CCC(CCC2CCC(c3c(F)ccc(Oc4ccc(OC(F)F)cc4)c3F)CC2)CC1. The van der Waals surface area contributed by atoms with Gasteiger partial charge in [-0.1, -0.05) is 71.1 Å². The highest BCUT2D eigenvalue weighted by molar-refractivity contribution is 5.39. The van der Waals surface area contributed by atoms with Crippen LogP contribution in [0.25, 0.3) is 0 Å². The molecule has 0 aromatic heterocycles.